The first-order chi connectivity index (χ1) is 12.8. The van der Waals surface area contributed by atoms with Crippen LogP contribution in [-0.4, -0.2) is 12.9 Å². The smallest absolute Gasteiger partial charge is 0.193 e. The standard InChI is InChI=1S/C24H18O2/c1-26-21-13-11-18(12-14-21)24(25)23-16-20(17-7-3-2-4-8-17)15-19-9-5-6-10-22(19)23/h2-16H,1H3. The molecule has 0 saturated carbocycles. The Kier molecular flexibility index (Phi) is 4.24. The highest BCUT2D eigenvalue weighted by Crippen LogP contribution is 2.29. The molecule has 0 bridgehead atoms. The summed E-state index contributed by atoms with van der Waals surface area (Å²) in [5, 5.41) is 2.03. The second kappa shape index (κ2) is 6.85. The molecule has 0 atom stereocenters. The largest absolute Gasteiger partial charge is 0.497 e. The normalized spacial score (nSPS) is 10.7. The van der Waals surface area contributed by atoms with Crippen molar-refractivity contribution < 1.29 is 9.53 Å². The van der Waals surface area contributed by atoms with E-state index >= 15 is 0 Å². The molecule has 0 unspecified atom stereocenters. The number of ether oxygens (including phenoxy) is 1. The van der Waals surface area contributed by atoms with E-state index in [1.54, 1.807) is 7.11 Å². The van der Waals surface area contributed by atoms with E-state index in [-0.39, 0.29) is 5.78 Å². The van der Waals surface area contributed by atoms with Crippen molar-refractivity contribution in [1.82, 2.24) is 0 Å². The summed E-state index contributed by atoms with van der Waals surface area (Å²) in [5.74, 6) is 0.756. The molecule has 2 heteroatoms. The lowest BCUT2D eigenvalue weighted by Crippen LogP contribution is -2.03. The molecular weight excluding hydrogens is 320 g/mol. The van der Waals surface area contributed by atoms with Gasteiger partial charge in [-0.2, -0.15) is 0 Å². The maximum absolute atomic E-state index is 13.2. The van der Waals surface area contributed by atoms with Crippen LogP contribution in [0.15, 0.2) is 91.0 Å². The summed E-state index contributed by atoms with van der Waals surface area (Å²) in [6, 6.07) is 29.5. The van der Waals surface area contributed by atoms with Gasteiger partial charge >= 0.3 is 0 Å². The molecular formula is C24H18O2. The van der Waals surface area contributed by atoms with Gasteiger partial charge in [-0.1, -0.05) is 54.6 Å². The van der Waals surface area contributed by atoms with Crippen molar-refractivity contribution in [1.29, 1.82) is 0 Å². The first-order valence-corrected chi connectivity index (χ1v) is 8.53. The molecule has 4 rings (SSSR count). The van der Waals surface area contributed by atoms with E-state index in [0.717, 1.165) is 27.6 Å². The Hall–Kier alpha value is -3.39. The Morgan fingerprint density at radius 1 is 0.731 bits per heavy atom. The van der Waals surface area contributed by atoms with E-state index in [1.165, 1.54) is 0 Å². The molecule has 4 aromatic rings. The van der Waals surface area contributed by atoms with Crippen molar-refractivity contribution in [2.45, 2.75) is 0 Å². The summed E-state index contributed by atoms with van der Waals surface area (Å²) in [6.07, 6.45) is 0. The van der Waals surface area contributed by atoms with Gasteiger partial charge in [0, 0.05) is 11.1 Å². The number of methoxy groups -OCH3 is 1. The molecule has 0 heterocycles. The summed E-state index contributed by atoms with van der Waals surface area (Å²) in [4.78, 5) is 13.2. The summed E-state index contributed by atoms with van der Waals surface area (Å²) in [6.45, 7) is 0. The monoisotopic (exact) mass is 338 g/mol. The third-order valence-corrected chi connectivity index (χ3v) is 4.57. The van der Waals surface area contributed by atoms with Gasteiger partial charge in [-0.05, 0) is 58.3 Å². The van der Waals surface area contributed by atoms with Gasteiger partial charge in [0.1, 0.15) is 5.75 Å². The van der Waals surface area contributed by atoms with E-state index in [1.807, 2.05) is 72.8 Å². The summed E-state index contributed by atoms with van der Waals surface area (Å²) in [5.41, 5.74) is 3.51. The second-order valence-corrected chi connectivity index (χ2v) is 6.17. The van der Waals surface area contributed by atoms with E-state index in [0.29, 0.717) is 11.1 Å². The maximum atomic E-state index is 13.2. The minimum atomic E-state index is 0.0154. The quantitative estimate of drug-likeness (QED) is 0.443. The van der Waals surface area contributed by atoms with Gasteiger partial charge in [-0.25, -0.2) is 0 Å². The van der Waals surface area contributed by atoms with Crippen molar-refractivity contribution in [3.63, 3.8) is 0 Å². The Morgan fingerprint density at radius 2 is 1.42 bits per heavy atom. The predicted octanol–water partition coefficient (Wildman–Crippen LogP) is 5.75. The van der Waals surface area contributed by atoms with Crippen molar-refractivity contribution in [3.8, 4) is 16.9 Å². The number of carbonyl (C=O) groups is 1. The average molecular weight is 338 g/mol. The van der Waals surface area contributed by atoms with Crippen LogP contribution in [-0.2, 0) is 0 Å². The molecule has 0 N–H and O–H groups in total. The zero-order valence-corrected chi connectivity index (χ0v) is 14.5. The van der Waals surface area contributed by atoms with Gasteiger partial charge in [-0.3, -0.25) is 4.79 Å². The van der Waals surface area contributed by atoms with Gasteiger partial charge in [0.25, 0.3) is 0 Å². The van der Waals surface area contributed by atoms with E-state index in [9.17, 15) is 4.79 Å². The zero-order valence-electron chi connectivity index (χ0n) is 14.5. The van der Waals surface area contributed by atoms with E-state index in [2.05, 4.69) is 18.2 Å². The van der Waals surface area contributed by atoms with Crippen LogP contribution in [0, 0.1) is 0 Å². The molecule has 0 fully saturated rings. The highest BCUT2D eigenvalue weighted by Gasteiger charge is 2.14. The SMILES string of the molecule is COc1ccc(C(=O)c2cc(-c3ccccc3)cc3ccccc23)cc1. The fraction of sp³-hybridized carbons (Fsp3) is 0.0417. The topological polar surface area (TPSA) is 26.3 Å². The number of ketones is 1. The fourth-order valence-corrected chi connectivity index (χ4v) is 3.19. The minimum absolute atomic E-state index is 0.0154. The van der Waals surface area contributed by atoms with Crippen LogP contribution in [0.1, 0.15) is 15.9 Å². The number of hydrogen-bond acceptors (Lipinski definition) is 2. The third kappa shape index (κ3) is 2.98. The van der Waals surface area contributed by atoms with Gasteiger partial charge in [0.05, 0.1) is 7.11 Å². The minimum Gasteiger partial charge on any atom is -0.497 e. The van der Waals surface area contributed by atoms with Crippen LogP contribution in [0.3, 0.4) is 0 Å². The lowest BCUT2D eigenvalue weighted by atomic mass is 9.92. The molecule has 0 amide bonds. The number of carbonyl (C=O) groups excluding carboxylic acids is 1. The molecule has 4 aromatic carbocycles. The molecule has 2 nitrogen and oxygen atoms in total. The van der Waals surface area contributed by atoms with E-state index < -0.39 is 0 Å². The Balaban J connectivity index is 1.88. The molecule has 0 aromatic heterocycles. The van der Waals surface area contributed by atoms with Gasteiger partial charge in [0.15, 0.2) is 5.78 Å². The Morgan fingerprint density at radius 3 is 2.15 bits per heavy atom. The Bertz CT molecular complexity index is 1060. The van der Waals surface area contributed by atoms with Crippen molar-refractivity contribution in [2.75, 3.05) is 7.11 Å². The Labute approximate surface area is 152 Å². The summed E-state index contributed by atoms with van der Waals surface area (Å²) in [7, 11) is 1.62. The van der Waals surface area contributed by atoms with Crippen molar-refractivity contribution >= 4 is 16.6 Å². The molecule has 126 valence electrons. The van der Waals surface area contributed by atoms with Crippen LogP contribution in [0.25, 0.3) is 21.9 Å². The van der Waals surface area contributed by atoms with Crippen LogP contribution in [0.5, 0.6) is 5.75 Å². The third-order valence-electron chi connectivity index (χ3n) is 4.57. The second-order valence-electron chi connectivity index (χ2n) is 6.17. The first-order valence-electron chi connectivity index (χ1n) is 8.53. The molecule has 0 saturated heterocycles. The van der Waals surface area contributed by atoms with Crippen LogP contribution in [0.4, 0.5) is 0 Å². The average Bonchev–Trinajstić information content (AvgIpc) is 2.73. The van der Waals surface area contributed by atoms with Gasteiger partial charge in [-0.15, -0.1) is 0 Å². The van der Waals surface area contributed by atoms with Crippen molar-refractivity contribution in [3.05, 3.63) is 102 Å². The fourth-order valence-electron chi connectivity index (χ4n) is 3.19. The first kappa shape index (κ1) is 16.1. The molecule has 0 radical (unpaired) electrons. The lowest BCUT2D eigenvalue weighted by molar-refractivity contribution is 0.104. The molecule has 0 aliphatic heterocycles. The van der Waals surface area contributed by atoms with Crippen LogP contribution >= 0.6 is 0 Å². The number of rotatable bonds is 4. The number of hydrogen-bond donors (Lipinski definition) is 0. The number of fused-ring (bicyclic) bond motifs is 1. The predicted molar refractivity (Wildman–Crippen MR) is 106 cm³/mol. The van der Waals surface area contributed by atoms with E-state index in [4.69, 9.17) is 4.74 Å². The summed E-state index contributed by atoms with van der Waals surface area (Å²) >= 11 is 0. The number of benzene rings is 4. The van der Waals surface area contributed by atoms with Gasteiger partial charge < -0.3 is 4.74 Å². The van der Waals surface area contributed by atoms with Crippen LogP contribution < -0.4 is 4.74 Å². The molecule has 0 aliphatic rings. The summed E-state index contributed by atoms with van der Waals surface area (Å²) < 4.78 is 5.19. The highest BCUT2D eigenvalue weighted by molar-refractivity contribution is 6.17. The maximum Gasteiger partial charge on any atom is 0.193 e. The van der Waals surface area contributed by atoms with Crippen molar-refractivity contribution in [2.24, 2.45) is 0 Å². The lowest BCUT2D eigenvalue weighted by Gasteiger charge is -2.11. The molecule has 0 spiro atoms. The zero-order chi connectivity index (χ0) is 17.9. The molecule has 0 aliphatic carbocycles. The van der Waals surface area contributed by atoms with Gasteiger partial charge in [0.2, 0.25) is 0 Å². The van der Waals surface area contributed by atoms with Crippen LogP contribution in [0.2, 0.25) is 0 Å². The highest BCUT2D eigenvalue weighted by atomic mass is 16.5. The molecule has 26 heavy (non-hydrogen) atoms.